The van der Waals surface area contributed by atoms with Crippen molar-refractivity contribution in [1.29, 1.82) is 0 Å². The van der Waals surface area contributed by atoms with E-state index in [-0.39, 0.29) is 11.5 Å². The van der Waals surface area contributed by atoms with Gasteiger partial charge in [-0.2, -0.15) is 0 Å². The van der Waals surface area contributed by atoms with Crippen LogP contribution in [0.5, 0.6) is 17.2 Å². The van der Waals surface area contributed by atoms with Gasteiger partial charge in [0.05, 0.1) is 30.4 Å². The lowest BCUT2D eigenvalue weighted by Gasteiger charge is -2.49. The molecule has 35 heavy (non-hydrogen) atoms. The predicted octanol–water partition coefficient (Wildman–Crippen LogP) is 6.56. The van der Waals surface area contributed by atoms with Crippen molar-refractivity contribution in [2.75, 3.05) is 0 Å². The minimum atomic E-state index is -0.711. The summed E-state index contributed by atoms with van der Waals surface area (Å²) in [4.78, 5) is 23.5. The highest BCUT2D eigenvalue weighted by Crippen LogP contribution is 2.59. The van der Waals surface area contributed by atoms with Crippen molar-refractivity contribution in [2.24, 2.45) is 23.2 Å². The van der Waals surface area contributed by atoms with Gasteiger partial charge in [-0.05, 0) is 42.6 Å². The first-order valence-corrected chi connectivity index (χ1v) is 12.4. The van der Waals surface area contributed by atoms with E-state index in [1.807, 2.05) is 30.3 Å². The molecule has 5 nitrogen and oxygen atoms in total. The van der Waals surface area contributed by atoms with E-state index in [1.165, 1.54) is 12.3 Å². The van der Waals surface area contributed by atoms with Gasteiger partial charge in [0.2, 0.25) is 0 Å². The van der Waals surface area contributed by atoms with Gasteiger partial charge in [0.1, 0.15) is 23.2 Å². The van der Waals surface area contributed by atoms with Crippen molar-refractivity contribution >= 4 is 12.6 Å². The Labute approximate surface area is 207 Å². The summed E-state index contributed by atoms with van der Waals surface area (Å²) in [5, 5.41) is 32.6. The van der Waals surface area contributed by atoms with E-state index in [0.29, 0.717) is 29.8 Å². The Morgan fingerprint density at radius 1 is 1.00 bits per heavy atom. The molecule has 2 aromatic rings. The topological polar surface area (TPSA) is 94.8 Å². The molecule has 0 unspecified atom stereocenters. The Hall–Kier alpha value is -3.21. The van der Waals surface area contributed by atoms with Crippen molar-refractivity contribution < 1.29 is 24.9 Å². The smallest absolute Gasteiger partial charge is 0.157 e. The van der Waals surface area contributed by atoms with Crippen LogP contribution in [-0.2, 0) is 0 Å². The number of aromatic hydroxyl groups is 3. The third-order valence-electron chi connectivity index (χ3n) is 8.66. The largest absolute Gasteiger partial charge is 0.507 e. The number of phenols is 3. The minimum Gasteiger partial charge on any atom is -0.507 e. The van der Waals surface area contributed by atoms with E-state index in [2.05, 4.69) is 27.4 Å². The van der Waals surface area contributed by atoms with Crippen molar-refractivity contribution in [3.63, 3.8) is 0 Å². The van der Waals surface area contributed by atoms with Gasteiger partial charge in [-0.1, -0.05) is 56.3 Å². The van der Waals surface area contributed by atoms with Crippen LogP contribution in [0.1, 0.15) is 90.6 Å². The van der Waals surface area contributed by atoms with Crippen LogP contribution in [0.25, 0.3) is 0 Å². The number of hydrogen-bond acceptors (Lipinski definition) is 5. The molecule has 0 saturated heterocycles. The van der Waals surface area contributed by atoms with Crippen molar-refractivity contribution in [1.82, 2.24) is 0 Å². The molecular formula is C30H35O5+. The number of carbonyl (C=O) groups excluding carboxylic acids is 2. The van der Waals surface area contributed by atoms with Crippen LogP contribution < -0.4 is 0 Å². The van der Waals surface area contributed by atoms with Gasteiger partial charge in [-0.25, -0.2) is 0 Å². The lowest BCUT2D eigenvalue weighted by atomic mass is 9.51. The maximum Gasteiger partial charge on any atom is 0.157 e. The quantitative estimate of drug-likeness (QED) is 0.258. The molecule has 2 aliphatic carbocycles. The first-order valence-electron chi connectivity index (χ1n) is 12.4. The average molecular weight is 476 g/mol. The van der Waals surface area contributed by atoms with Gasteiger partial charge >= 0.3 is 0 Å². The lowest BCUT2D eigenvalue weighted by Crippen LogP contribution is -2.46. The molecule has 5 heteroatoms. The summed E-state index contributed by atoms with van der Waals surface area (Å²) in [6, 6.07) is 9.49. The SMILES string of the molecule is C=C1CC[C@@H]2[C@H](CC2(C)C)[C+](C)CC[C@H]1[C@H](c1ccccc1)c1c(O)c(C=O)c(O)c(C=O)c1O. The summed E-state index contributed by atoms with van der Waals surface area (Å²) >= 11 is 0. The van der Waals surface area contributed by atoms with Crippen molar-refractivity contribution in [3.8, 4) is 17.2 Å². The molecule has 4 rings (SSSR count). The number of hydrogen-bond donors (Lipinski definition) is 3. The lowest BCUT2D eigenvalue weighted by molar-refractivity contribution is -0.00907. The number of fused-ring (bicyclic) bond motifs is 1. The summed E-state index contributed by atoms with van der Waals surface area (Å²) < 4.78 is 0. The Morgan fingerprint density at radius 2 is 1.60 bits per heavy atom. The van der Waals surface area contributed by atoms with Crippen molar-refractivity contribution in [3.05, 3.63) is 70.7 Å². The number of phenolic OH excluding ortho intramolecular Hbond substituents is 3. The maximum absolute atomic E-state index is 11.8. The van der Waals surface area contributed by atoms with E-state index in [0.717, 1.165) is 36.8 Å². The highest BCUT2D eigenvalue weighted by atomic mass is 16.3. The first kappa shape index (κ1) is 24.9. The highest BCUT2D eigenvalue weighted by Gasteiger charge is 2.55. The van der Waals surface area contributed by atoms with Crippen LogP contribution in [0.4, 0.5) is 0 Å². The van der Waals surface area contributed by atoms with Crippen molar-refractivity contribution in [2.45, 2.75) is 58.8 Å². The molecule has 2 fully saturated rings. The molecule has 0 bridgehead atoms. The maximum atomic E-state index is 11.8. The number of benzene rings is 2. The van der Waals surface area contributed by atoms with Crippen LogP contribution in [0.2, 0.25) is 0 Å². The second-order valence-electron chi connectivity index (χ2n) is 11.0. The summed E-state index contributed by atoms with van der Waals surface area (Å²) in [6.45, 7) is 11.4. The van der Waals surface area contributed by atoms with E-state index in [1.54, 1.807) is 0 Å². The zero-order valence-corrected chi connectivity index (χ0v) is 20.8. The van der Waals surface area contributed by atoms with Gasteiger partial charge in [-0.15, -0.1) is 0 Å². The molecule has 184 valence electrons. The van der Waals surface area contributed by atoms with Gasteiger partial charge in [0.25, 0.3) is 0 Å². The predicted molar refractivity (Wildman–Crippen MR) is 136 cm³/mol. The third kappa shape index (κ3) is 4.22. The van der Waals surface area contributed by atoms with E-state index in [4.69, 9.17) is 0 Å². The van der Waals surface area contributed by atoms with E-state index in [9.17, 15) is 24.9 Å². The fourth-order valence-electron chi connectivity index (χ4n) is 6.61. The first-order chi connectivity index (χ1) is 16.6. The monoisotopic (exact) mass is 475 g/mol. The summed E-state index contributed by atoms with van der Waals surface area (Å²) in [6.07, 6.45) is 5.33. The number of carbonyl (C=O) groups is 2. The molecule has 4 atom stereocenters. The average Bonchev–Trinajstić information content (AvgIpc) is 2.86. The van der Waals surface area contributed by atoms with Gasteiger partial charge in [0, 0.05) is 17.4 Å². The summed E-state index contributed by atoms with van der Waals surface area (Å²) in [5.74, 6) is 0.288. The number of aldehydes is 2. The second-order valence-corrected chi connectivity index (χ2v) is 11.0. The molecule has 0 heterocycles. The summed E-state index contributed by atoms with van der Waals surface area (Å²) in [5.41, 5.74) is 1.47. The molecule has 2 aromatic carbocycles. The summed E-state index contributed by atoms with van der Waals surface area (Å²) in [7, 11) is 0. The third-order valence-corrected chi connectivity index (χ3v) is 8.66. The molecule has 0 aliphatic heterocycles. The fourth-order valence-corrected chi connectivity index (χ4v) is 6.61. The minimum absolute atomic E-state index is 0.0875. The Kier molecular flexibility index (Phi) is 6.72. The molecule has 3 N–H and O–H groups in total. The Morgan fingerprint density at radius 3 is 2.14 bits per heavy atom. The zero-order chi connectivity index (χ0) is 25.5. The normalized spacial score (nSPS) is 24.8. The van der Waals surface area contributed by atoms with Crippen LogP contribution in [-0.4, -0.2) is 27.9 Å². The fraction of sp³-hybridized carbons (Fsp3) is 0.433. The molecule has 0 radical (unpaired) electrons. The molecule has 2 aliphatic rings. The zero-order valence-electron chi connectivity index (χ0n) is 20.8. The van der Waals surface area contributed by atoms with E-state index < -0.39 is 34.3 Å². The highest BCUT2D eigenvalue weighted by molar-refractivity contribution is 5.95. The molecule has 2 saturated carbocycles. The van der Waals surface area contributed by atoms with E-state index >= 15 is 0 Å². The Bertz CT molecular complexity index is 1100. The van der Waals surface area contributed by atoms with Crippen LogP contribution in [0, 0.1) is 29.1 Å². The number of rotatable bonds is 5. The standard InChI is InChI=1S/C30H34O5/c1-17-11-13-24-21(14-30(24,3)4)18(2)10-12-20(17)25(19-8-6-5-7-9-19)26-28(34)22(15-31)27(33)23(16-32)29(26)35/h5-9,15-16,20-21,24-25H,1,10-14H2,2-4H3,(H2-,31,32,33,34,35)/p+1/t20-,21-,24-,25+/m1/s1. The molecular weight excluding hydrogens is 440 g/mol. The Balaban J connectivity index is 1.87. The van der Waals surface area contributed by atoms with Crippen LogP contribution >= 0.6 is 0 Å². The number of allylic oxidation sites excluding steroid dienone is 1. The second kappa shape index (κ2) is 9.44. The van der Waals surface area contributed by atoms with Crippen LogP contribution in [0.3, 0.4) is 0 Å². The molecule has 0 amide bonds. The molecule has 0 aromatic heterocycles. The van der Waals surface area contributed by atoms with Gasteiger partial charge < -0.3 is 15.3 Å². The van der Waals surface area contributed by atoms with Gasteiger partial charge in [-0.3, -0.25) is 9.59 Å². The van der Waals surface area contributed by atoms with Crippen LogP contribution in [0.15, 0.2) is 42.5 Å². The molecule has 0 spiro atoms. The van der Waals surface area contributed by atoms with Gasteiger partial charge in [0.15, 0.2) is 12.6 Å².